The molecule has 1 heterocycles. The van der Waals surface area contributed by atoms with Crippen LogP contribution in [-0.4, -0.2) is 61.0 Å². The van der Waals surface area contributed by atoms with Crippen LogP contribution in [-0.2, 0) is 23.3 Å². The van der Waals surface area contributed by atoms with E-state index >= 15 is 0 Å². The summed E-state index contributed by atoms with van der Waals surface area (Å²) in [4.78, 5) is 11.6. The van der Waals surface area contributed by atoms with E-state index in [1.54, 1.807) is 0 Å². The van der Waals surface area contributed by atoms with Gasteiger partial charge in [0.1, 0.15) is 18.8 Å². The molecule has 0 bridgehead atoms. The molecule has 27 heavy (non-hydrogen) atoms. The Bertz CT molecular complexity index is 501. The quantitative estimate of drug-likeness (QED) is 0.293. The van der Waals surface area contributed by atoms with E-state index in [9.17, 15) is 4.79 Å². The molecule has 1 aliphatic carbocycles. The van der Waals surface area contributed by atoms with Gasteiger partial charge in [-0.25, -0.2) is 9.46 Å². The third kappa shape index (κ3) is 7.52. The van der Waals surface area contributed by atoms with E-state index in [4.69, 9.17) is 28.5 Å². The van der Waals surface area contributed by atoms with E-state index in [1.165, 1.54) is 0 Å². The molecule has 3 atom stereocenters. The molecule has 0 aromatic carbocycles. The Morgan fingerprint density at radius 2 is 1.96 bits per heavy atom. The first-order valence-corrected chi connectivity index (χ1v) is 10.8. The molecule has 2 fully saturated rings. The first-order chi connectivity index (χ1) is 12.9. The number of nitriles is 1. The molecule has 0 N–H and O–H groups in total. The molecule has 0 radical (unpaired) electrons. The van der Waals surface area contributed by atoms with Gasteiger partial charge >= 0.3 is 6.16 Å². The molecule has 8 nitrogen and oxygen atoms in total. The number of rotatable bonds is 11. The number of carbonyl (C=O) groups is 1. The first kappa shape index (κ1) is 22.3. The van der Waals surface area contributed by atoms with E-state index in [2.05, 4.69) is 38.4 Å². The van der Waals surface area contributed by atoms with Gasteiger partial charge in [-0.05, 0) is 40.5 Å². The summed E-state index contributed by atoms with van der Waals surface area (Å²) in [5.74, 6) is 0. The highest BCUT2D eigenvalue weighted by molar-refractivity contribution is 7.44. The molecule has 0 amide bonds. The standard InChI is InChI=1S/C18H31N2O6P/c1-13(2)20(14(3)4)27(24-10-5-9-19)26-16-8-11-22-17(16)12-23-18(21)25-15-6-7-15/h13-17H,5-8,10-12H2,1-4H3/t16-,17+,27?/m0/s1. The smallest absolute Gasteiger partial charge is 0.431 e. The maximum absolute atomic E-state index is 11.6. The Kier molecular flexibility index (Phi) is 9.20. The van der Waals surface area contributed by atoms with Crippen LogP contribution in [0.1, 0.15) is 53.4 Å². The molecule has 1 aliphatic heterocycles. The van der Waals surface area contributed by atoms with E-state index in [0.29, 0.717) is 26.1 Å². The summed E-state index contributed by atoms with van der Waals surface area (Å²) in [6.07, 6.45) is 1.63. The Morgan fingerprint density at radius 1 is 1.26 bits per heavy atom. The van der Waals surface area contributed by atoms with Crippen molar-refractivity contribution in [3.63, 3.8) is 0 Å². The summed E-state index contributed by atoms with van der Waals surface area (Å²) in [7, 11) is -1.35. The molecule has 0 aromatic rings. The van der Waals surface area contributed by atoms with Crippen molar-refractivity contribution in [2.24, 2.45) is 0 Å². The van der Waals surface area contributed by atoms with Crippen molar-refractivity contribution in [2.45, 2.75) is 83.8 Å². The van der Waals surface area contributed by atoms with Crippen LogP contribution < -0.4 is 0 Å². The molecular weight excluding hydrogens is 371 g/mol. The Labute approximate surface area is 163 Å². The lowest BCUT2D eigenvalue weighted by atomic mass is 10.2. The van der Waals surface area contributed by atoms with E-state index in [0.717, 1.165) is 12.8 Å². The topological polar surface area (TPSA) is 90.3 Å². The van der Waals surface area contributed by atoms with Gasteiger partial charge in [-0.15, -0.1) is 0 Å². The molecule has 2 aliphatic rings. The highest BCUT2D eigenvalue weighted by Crippen LogP contribution is 2.48. The molecule has 154 valence electrons. The Balaban J connectivity index is 1.91. The van der Waals surface area contributed by atoms with E-state index in [-0.39, 0.29) is 37.0 Å². The monoisotopic (exact) mass is 402 g/mol. The highest BCUT2D eigenvalue weighted by Gasteiger charge is 2.37. The van der Waals surface area contributed by atoms with Gasteiger partial charge in [0.05, 0.1) is 25.2 Å². The minimum atomic E-state index is -1.35. The molecule has 0 aromatic heterocycles. The second-order valence-corrected chi connectivity index (χ2v) is 8.67. The number of ether oxygens (including phenoxy) is 3. The third-order valence-corrected chi connectivity index (χ3v) is 6.35. The molecule has 0 spiro atoms. The van der Waals surface area contributed by atoms with Crippen molar-refractivity contribution in [1.82, 2.24) is 4.67 Å². The van der Waals surface area contributed by atoms with Crippen LogP contribution >= 0.6 is 8.53 Å². The SMILES string of the molecule is CC(C)N(C(C)C)P(OCCC#N)O[C@H]1CCO[C@@H]1COC(=O)OC1CC1. The number of carbonyl (C=O) groups excluding carboxylic acids is 1. The lowest BCUT2D eigenvalue weighted by Crippen LogP contribution is -2.37. The summed E-state index contributed by atoms with van der Waals surface area (Å²) >= 11 is 0. The average Bonchev–Trinajstić information content (AvgIpc) is 3.29. The van der Waals surface area contributed by atoms with Crippen LogP contribution in [0.5, 0.6) is 0 Å². The number of hydrogen-bond acceptors (Lipinski definition) is 8. The maximum atomic E-state index is 11.6. The molecule has 9 heteroatoms. The van der Waals surface area contributed by atoms with Crippen LogP contribution in [0.25, 0.3) is 0 Å². The van der Waals surface area contributed by atoms with Crippen molar-refractivity contribution in [3.05, 3.63) is 0 Å². The van der Waals surface area contributed by atoms with Crippen LogP contribution in [0.15, 0.2) is 0 Å². The van der Waals surface area contributed by atoms with Crippen LogP contribution in [0.3, 0.4) is 0 Å². The average molecular weight is 402 g/mol. The normalized spacial score (nSPS) is 23.6. The van der Waals surface area contributed by atoms with Gasteiger partial charge < -0.3 is 23.3 Å². The van der Waals surface area contributed by atoms with Crippen LogP contribution in [0, 0.1) is 11.3 Å². The lowest BCUT2D eigenvalue weighted by Gasteiger charge is -2.37. The molecule has 1 unspecified atom stereocenters. The maximum Gasteiger partial charge on any atom is 0.508 e. The van der Waals surface area contributed by atoms with Crippen molar-refractivity contribution >= 4 is 14.7 Å². The van der Waals surface area contributed by atoms with Gasteiger partial charge in [-0.3, -0.25) is 0 Å². The van der Waals surface area contributed by atoms with Gasteiger partial charge in [-0.2, -0.15) is 5.26 Å². The molecule has 1 saturated heterocycles. The molecule has 2 rings (SSSR count). The minimum Gasteiger partial charge on any atom is -0.431 e. The number of nitrogens with zero attached hydrogens (tertiary/aromatic N) is 2. The first-order valence-electron chi connectivity index (χ1n) is 9.62. The zero-order valence-electron chi connectivity index (χ0n) is 16.6. The highest BCUT2D eigenvalue weighted by atomic mass is 31.2. The Hall–Kier alpha value is -0.970. The minimum absolute atomic E-state index is 0.0149. The van der Waals surface area contributed by atoms with Crippen molar-refractivity contribution in [3.8, 4) is 6.07 Å². The van der Waals surface area contributed by atoms with Crippen molar-refractivity contribution < 1.29 is 28.1 Å². The fraction of sp³-hybridized carbons (Fsp3) is 0.889. The zero-order valence-corrected chi connectivity index (χ0v) is 17.5. The van der Waals surface area contributed by atoms with E-state index in [1.807, 2.05) is 0 Å². The summed E-state index contributed by atoms with van der Waals surface area (Å²) in [6.45, 7) is 9.32. The van der Waals surface area contributed by atoms with Crippen LogP contribution in [0.4, 0.5) is 4.79 Å². The fourth-order valence-corrected chi connectivity index (χ4v) is 4.60. The van der Waals surface area contributed by atoms with Gasteiger partial charge in [-0.1, -0.05) is 0 Å². The van der Waals surface area contributed by atoms with Gasteiger partial charge in [0.15, 0.2) is 0 Å². The largest absolute Gasteiger partial charge is 0.508 e. The van der Waals surface area contributed by atoms with Crippen LogP contribution in [0.2, 0.25) is 0 Å². The second-order valence-electron chi connectivity index (χ2n) is 7.27. The van der Waals surface area contributed by atoms with Crippen molar-refractivity contribution in [2.75, 3.05) is 19.8 Å². The summed E-state index contributed by atoms with van der Waals surface area (Å²) in [6, 6.07) is 2.54. The lowest BCUT2D eigenvalue weighted by molar-refractivity contribution is -0.0216. The van der Waals surface area contributed by atoms with E-state index < -0.39 is 14.7 Å². The summed E-state index contributed by atoms with van der Waals surface area (Å²) in [5, 5.41) is 8.79. The Morgan fingerprint density at radius 3 is 2.56 bits per heavy atom. The summed E-state index contributed by atoms with van der Waals surface area (Å²) in [5.41, 5.74) is 0. The zero-order chi connectivity index (χ0) is 19.8. The van der Waals surface area contributed by atoms with Gasteiger partial charge in [0.2, 0.25) is 0 Å². The third-order valence-electron chi connectivity index (χ3n) is 4.19. The second kappa shape index (κ2) is 11.1. The van der Waals surface area contributed by atoms with Crippen molar-refractivity contribution in [1.29, 1.82) is 5.26 Å². The van der Waals surface area contributed by atoms with Gasteiger partial charge in [0, 0.05) is 25.1 Å². The molecule has 1 saturated carbocycles. The number of hydrogen-bond donors (Lipinski definition) is 0. The summed E-state index contributed by atoms with van der Waals surface area (Å²) < 4.78 is 30.3. The predicted molar refractivity (Wildman–Crippen MR) is 99.9 cm³/mol. The fourth-order valence-electron chi connectivity index (χ4n) is 2.82. The predicted octanol–water partition coefficient (Wildman–Crippen LogP) is 3.75. The van der Waals surface area contributed by atoms with Gasteiger partial charge in [0.25, 0.3) is 8.53 Å². The molecular formula is C18H31N2O6P.